The molecule has 1 aliphatic heterocycles. The molecule has 0 N–H and O–H groups in total. The second-order valence-corrected chi connectivity index (χ2v) is 4.23. The Morgan fingerprint density at radius 1 is 1.41 bits per heavy atom. The van der Waals surface area contributed by atoms with Gasteiger partial charge in [-0.15, -0.1) is 0 Å². The largest absolute Gasteiger partial charge is 0.486 e. The molecule has 2 rings (SSSR count). The Morgan fingerprint density at radius 2 is 2.18 bits per heavy atom. The molecule has 1 heterocycles. The molecule has 4 heteroatoms. The molecular formula is C13H15NO3. The number of hydrogen-bond acceptors (Lipinski definition) is 3. The third-order valence-electron chi connectivity index (χ3n) is 2.84. The van der Waals surface area contributed by atoms with E-state index in [-0.39, 0.29) is 18.3 Å². The first-order valence-electron chi connectivity index (χ1n) is 5.59. The zero-order chi connectivity index (χ0) is 12.4. The molecule has 0 unspecified atom stereocenters. The predicted octanol–water partition coefficient (Wildman–Crippen LogP) is 1.56. The van der Waals surface area contributed by atoms with E-state index in [1.165, 1.54) is 6.92 Å². The molecule has 0 aromatic heterocycles. The summed E-state index contributed by atoms with van der Waals surface area (Å²) in [5.74, 6) is 0.812. The average molecular weight is 233 g/mol. The van der Waals surface area contributed by atoms with Crippen molar-refractivity contribution in [3.05, 3.63) is 23.8 Å². The van der Waals surface area contributed by atoms with Crippen LogP contribution in [0.25, 0.3) is 0 Å². The molecule has 0 radical (unpaired) electrons. The van der Waals surface area contributed by atoms with Crippen molar-refractivity contribution in [2.75, 3.05) is 18.6 Å². The van der Waals surface area contributed by atoms with Crippen molar-refractivity contribution >= 4 is 17.4 Å². The number of anilines is 1. The van der Waals surface area contributed by atoms with Crippen molar-refractivity contribution in [1.29, 1.82) is 0 Å². The van der Waals surface area contributed by atoms with Gasteiger partial charge in [0, 0.05) is 19.2 Å². The summed E-state index contributed by atoms with van der Waals surface area (Å²) in [5.41, 5.74) is 2.02. The summed E-state index contributed by atoms with van der Waals surface area (Å²) in [5, 5.41) is 0. The third-order valence-corrected chi connectivity index (χ3v) is 2.84. The van der Waals surface area contributed by atoms with Crippen molar-refractivity contribution in [2.45, 2.75) is 19.8 Å². The lowest BCUT2D eigenvalue weighted by atomic mass is 10.0. The summed E-state index contributed by atoms with van der Waals surface area (Å²) in [7, 11) is 1.77. The monoisotopic (exact) mass is 233 g/mol. The minimum atomic E-state index is -0.00461. The van der Waals surface area contributed by atoms with Crippen LogP contribution in [0.2, 0.25) is 0 Å². The first kappa shape index (κ1) is 11.6. The van der Waals surface area contributed by atoms with Gasteiger partial charge in [-0.05, 0) is 37.1 Å². The Labute approximate surface area is 100 Å². The second kappa shape index (κ2) is 4.57. The van der Waals surface area contributed by atoms with Gasteiger partial charge in [-0.3, -0.25) is 9.59 Å². The first-order chi connectivity index (χ1) is 8.08. The standard InChI is InChI=1S/C13H15NO3/c1-9(15)8-17-11-4-5-12-10(7-11)3-6-13(16)14(12)2/h4-5,7H,3,6,8H2,1-2H3. The summed E-state index contributed by atoms with van der Waals surface area (Å²) in [6, 6.07) is 5.56. The molecule has 0 fully saturated rings. The number of amides is 1. The number of carbonyl (C=O) groups excluding carboxylic acids is 2. The van der Waals surface area contributed by atoms with E-state index in [1.807, 2.05) is 12.1 Å². The molecule has 17 heavy (non-hydrogen) atoms. The van der Waals surface area contributed by atoms with E-state index in [9.17, 15) is 9.59 Å². The molecule has 0 aliphatic carbocycles. The van der Waals surface area contributed by atoms with E-state index in [4.69, 9.17) is 4.74 Å². The van der Waals surface area contributed by atoms with Crippen molar-refractivity contribution in [2.24, 2.45) is 0 Å². The number of carbonyl (C=O) groups is 2. The molecule has 0 bridgehead atoms. The molecule has 0 saturated carbocycles. The van der Waals surface area contributed by atoms with Crippen molar-refractivity contribution < 1.29 is 14.3 Å². The fourth-order valence-electron chi connectivity index (χ4n) is 1.91. The molecule has 0 saturated heterocycles. The van der Waals surface area contributed by atoms with E-state index in [2.05, 4.69) is 0 Å². The number of benzene rings is 1. The normalized spacial score (nSPS) is 14.5. The Bertz CT molecular complexity index is 468. The SMILES string of the molecule is CC(=O)COc1ccc2c(c1)CCC(=O)N2C. The number of fused-ring (bicyclic) bond motifs is 1. The lowest BCUT2D eigenvalue weighted by molar-refractivity contribution is -0.119. The van der Waals surface area contributed by atoms with Crippen LogP contribution in [0.4, 0.5) is 5.69 Å². The van der Waals surface area contributed by atoms with E-state index < -0.39 is 0 Å². The molecule has 0 spiro atoms. The van der Waals surface area contributed by atoms with Crippen LogP contribution in [0.5, 0.6) is 5.75 Å². The van der Waals surface area contributed by atoms with E-state index in [0.717, 1.165) is 17.7 Å². The number of aryl methyl sites for hydroxylation is 1. The van der Waals surface area contributed by atoms with Gasteiger partial charge in [0.05, 0.1) is 0 Å². The quantitative estimate of drug-likeness (QED) is 0.796. The molecule has 1 aromatic rings. The molecule has 90 valence electrons. The molecule has 1 aliphatic rings. The second-order valence-electron chi connectivity index (χ2n) is 4.23. The Kier molecular flexibility index (Phi) is 3.13. The number of Topliss-reactive ketones (excluding diaryl/α,β-unsaturated/α-hetero) is 1. The molecule has 4 nitrogen and oxygen atoms in total. The van der Waals surface area contributed by atoms with Crippen LogP contribution in [0.15, 0.2) is 18.2 Å². The van der Waals surface area contributed by atoms with Gasteiger partial charge in [0.25, 0.3) is 0 Å². The van der Waals surface area contributed by atoms with Crippen LogP contribution < -0.4 is 9.64 Å². The fourth-order valence-corrected chi connectivity index (χ4v) is 1.91. The fraction of sp³-hybridized carbons (Fsp3) is 0.385. The zero-order valence-electron chi connectivity index (χ0n) is 10.0. The van der Waals surface area contributed by atoms with Gasteiger partial charge in [0.15, 0.2) is 5.78 Å². The van der Waals surface area contributed by atoms with E-state index in [0.29, 0.717) is 12.2 Å². The van der Waals surface area contributed by atoms with Gasteiger partial charge in [-0.25, -0.2) is 0 Å². The van der Waals surface area contributed by atoms with Gasteiger partial charge in [0.2, 0.25) is 5.91 Å². The van der Waals surface area contributed by atoms with Crippen LogP contribution in [0.1, 0.15) is 18.9 Å². The summed E-state index contributed by atoms with van der Waals surface area (Å²) < 4.78 is 5.34. The van der Waals surface area contributed by atoms with Gasteiger partial charge in [0.1, 0.15) is 12.4 Å². The highest BCUT2D eigenvalue weighted by molar-refractivity contribution is 5.95. The lowest BCUT2D eigenvalue weighted by Crippen LogP contribution is -2.31. The van der Waals surface area contributed by atoms with Crippen LogP contribution >= 0.6 is 0 Å². The maximum atomic E-state index is 11.5. The summed E-state index contributed by atoms with van der Waals surface area (Å²) >= 11 is 0. The van der Waals surface area contributed by atoms with Crippen LogP contribution in [0, 0.1) is 0 Å². The van der Waals surface area contributed by atoms with Crippen molar-refractivity contribution in [3.8, 4) is 5.75 Å². The third kappa shape index (κ3) is 2.46. The Morgan fingerprint density at radius 3 is 2.88 bits per heavy atom. The van der Waals surface area contributed by atoms with E-state index >= 15 is 0 Å². The highest BCUT2D eigenvalue weighted by atomic mass is 16.5. The maximum Gasteiger partial charge on any atom is 0.227 e. The molecular weight excluding hydrogens is 218 g/mol. The molecule has 1 amide bonds. The zero-order valence-corrected chi connectivity index (χ0v) is 10.0. The number of nitrogens with zero attached hydrogens (tertiary/aromatic N) is 1. The van der Waals surface area contributed by atoms with Crippen LogP contribution in [-0.2, 0) is 16.0 Å². The minimum Gasteiger partial charge on any atom is -0.486 e. The Hall–Kier alpha value is -1.84. The number of ether oxygens (including phenoxy) is 1. The number of hydrogen-bond donors (Lipinski definition) is 0. The average Bonchev–Trinajstić information content (AvgIpc) is 2.31. The predicted molar refractivity (Wildman–Crippen MR) is 64.3 cm³/mol. The smallest absolute Gasteiger partial charge is 0.227 e. The lowest BCUT2D eigenvalue weighted by Gasteiger charge is -2.26. The topological polar surface area (TPSA) is 46.6 Å². The maximum absolute atomic E-state index is 11.5. The number of ketones is 1. The summed E-state index contributed by atoms with van der Waals surface area (Å²) in [6.45, 7) is 1.58. The van der Waals surface area contributed by atoms with Gasteiger partial charge in [-0.1, -0.05) is 0 Å². The first-order valence-corrected chi connectivity index (χ1v) is 5.59. The number of rotatable bonds is 3. The van der Waals surface area contributed by atoms with Gasteiger partial charge in [-0.2, -0.15) is 0 Å². The van der Waals surface area contributed by atoms with Crippen molar-refractivity contribution in [3.63, 3.8) is 0 Å². The van der Waals surface area contributed by atoms with Crippen LogP contribution in [-0.4, -0.2) is 25.3 Å². The van der Waals surface area contributed by atoms with E-state index in [1.54, 1.807) is 18.0 Å². The molecule has 1 aromatic carbocycles. The van der Waals surface area contributed by atoms with Crippen molar-refractivity contribution in [1.82, 2.24) is 0 Å². The van der Waals surface area contributed by atoms with Gasteiger partial charge < -0.3 is 9.64 Å². The van der Waals surface area contributed by atoms with Crippen LogP contribution in [0.3, 0.4) is 0 Å². The molecule has 0 atom stereocenters. The highest BCUT2D eigenvalue weighted by Gasteiger charge is 2.20. The van der Waals surface area contributed by atoms with Gasteiger partial charge >= 0.3 is 0 Å². The highest BCUT2D eigenvalue weighted by Crippen LogP contribution is 2.29. The minimum absolute atomic E-state index is 0.00461. The summed E-state index contributed by atoms with van der Waals surface area (Å²) in [6.07, 6.45) is 1.26. The Balaban J connectivity index is 2.20. The summed E-state index contributed by atoms with van der Waals surface area (Å²) in [4.78, 5) is 24.0.